The lowest BCUT2D eigenvalue weighted by Gasteiger charge is -2.10. The Morgan fingerprint density at radius 3 is 2.60 bits per heavy atom. The van der Waals surface area contributed by atoms with Crippen LogP contribution in [0.4, 0.5) is 17.3 Å². The van der Waals surface area contributed by atoms with Crippen LogP contribution in [-0.2, 0) is 4.84 Å². The van der Waals surface area contributed by atoms with Crippen molar-refractivity contribution >= 4 is 46.7 Å². The van der Waals surface area contributed by atoms with Crippen LogP contribution in [-0.4, -0.2) is 23.3 Å². The summed E-state index contributed by atoms with van der Waals surface area (Å²) in [6.07, 6.45) is 2.76. The van der Waals surface area contributed by atoms with Crippen molar-refractivity contribution in [2.45, 2.75) is 0 Å². The van der Waals surface area contributed by atoms with Gasteiger partial charge in [0.1, 0.15) is 25.1 Å². The molecule has 0 saturated carbocycles. The molecule has 1 aromatic heterocycles. The number of nitrogen functional groups attached to an aromatic ring is 1. The summed E-state index contributed by atoms with van der Waals surface area (Å²) in [6.45, 7) is 0. The fourth-order valence-corrected chi connectivity index (χ4v) is 2.03. The molecule has 104 valence electrons. The molecular weight excluding hydrogens is 301 g/mol. The minimum absolute atomic E-state index is 0.274. The van der Waals surface area contributed by atoms with Crippen LogP contribution in [0.2, 0.25) is 10.0 Å². The van der Waals surface area contributed by atoms with Crippen LogP contribution in [0.1, 0.15) is 5.56 Å². The van der Waals surface area contributed by atoms with Crippen LogP contribution >= 0.6 is 23.2 Å². The number of nitrogens with zero attached hydrogens (tertiary/aromatic N) is 3. The van der Waals surface area contributed by atoms with Gasteiger partial charge >= 0.3 is 0 Å². The van der Waals surface area contributed by atoms with E-state index in [9.17, 15) is 0 Å². The van der Waals surface area contributed by atoms with E-state index in [1.807, 2.05) is 0 Å². The Balaban J connectivity index is 2.37. The SMILES string of the molecule is CO/N=C/c1c(N)ncnc1Nc1cc(Cl)cc(Cl)c1. The van der Waals surface area contributed by atoms with Crippen LogP contribution in [0.5, 0.6) is 0 Å². The summed E-state index contributed by atoms with van der Waals surface area (Å²) in [4.78, 5) is 12.6. The molecular formula is C12H11Cl2N5O. The number of halogens is 2. The zero-order valence-electron chi connectivity index (χ0n) is 10.5. The molecule has 1 heterocycles. The summed E-state index contributed by atoms with van der Waals surface area (Å²) in [6, 6.07) is 5.06. The van der Waals surface area contributed by atoms with E-state index < -0.39 is 0 Å². The van der Waals surface area contributed by atoms with E-state index in [4.69, 9.17) is 28.9 Å². The number of aromatic nitrogens is 2. The fourth-order valence-electron chi connectivity index (χ4n) is 1.50. The molecule has 0 spiro atoms. The zero-order chi connectivity index (χ0) is 14.5. The lowest BCUT2D eigenvalue weighted by atomic mass is 10.2. The van der Waals surface area contributed by atoms with Gasteiger partial charge in [-0.2, -0.15) is 0 Å². The first kappa shape index (κ1) is 14.4. The van der Waals surface area contributed by atoms with E-state index in [2.05, 4.69) is 25.3 Å². The molecule has 2 aromatic rings. The predicted molar refractivity (Wildman–Crippen MR) is 80.8 cm³/mol. The first-order valence-electron chi connectivity index (χ1n) is 5.50. The third-order valence-electron chi connectivity index (χ3n) is 2.33. The summed E-state index contributed by atoms with van der Waals surface area (Å²) >= 11 is 11.9. The van der Waals surface area contributed by atoms with Gasteiger partial charge in [0.15, 0.2) is 0 Å². The Morgan fingerprint density at radius 1 is 1.25 bits per heavy atom. The lowest BCUT2D eigenvalue weighted by molar-refractivity contribution is 0.215. The number of anilines is 3. The Kier molecular flexibility index (Phi) is 4.60. The molecule has 8 heteroatoms. The molecule has 20 heavy (non-hydrogen) atoms. The second-order valence-corrected chi connectivity index (χ2v) is 4.59. The molecule has 0 amide bonds. The average molecular weight is 312 g/mol. The Labute approximate surface area is 125 Å². The van der Waals surface area contributed by atoms with Crippen LogP contribution in [0.15, 0.2) is 29.7 Å². The van der Waals surface area contributed by atoms with E-state index >= 15 is 0 Å². The van der Waals surface area contributed by atoms with Gasteiger partial charge in [-0.25, -0.2) is 9.97 Å². The smallest absolute Gasteiger partial charge is 0.144 e. The predicted octanol–water partition coefficient (Wildman–Crippen LogP) is 3.09. The van der Waals surface area contributed by atoms with E-state index in [1.165, 1.54) is 19.7 Å². The number of rotatable bonds is 4. The summed E-state index contributed by atoms with van der Waals surface area (Å²) in [5, 5.41) is 7.74. The molecule has 0 fully saturated rings. The average Bonchev–Trinajstić information content (AvgIpc) is 2.37. The van der Waals surface area contributed by atoms with Crippen molar-refractivity contribution in [2.75, 3.05) is 18.2 Å². The quantitative estimate of drug-likeness (QED) is 0.669. The second kappa shape index (κ2) is 6.40. The molecule has 0 aliphatic heterocycles. The van der Waals surface area contributed by atoms with Crippen LogP contribution in [0, 0.1) is 0 Å². The van der Waals surface area contributed by atoms with E-state index in [1.54, 1.807) is 18.2 Å². The maximum atomic E-state index is 5.94. The molecule has 0 atom stereocenters. The summed E-state index contributed by atoms with van der Waals surface area (Å²) in [7, 11) is 1.43. The van der Waals surface area contributed by atoms with Gasteiger partial charge in [0.05, 0.1) is 11.8 Å². The van der Waals surface area contributed by atoms with Crippen LogP contribution < -0.4 is 11.1 Å². The molecule has 1 aromatic carbocycles. The monoisotopic (exact) mass is 311 g/mol. The van der Waals surface area contributed by atoms with Crippen molar-refractivity contribution < 1.29 is 4.84 Å². The molecule has 0 aliphatic rings. The first-order chi connectivity index (χ1) is 9.60. The van der Waals surface area contributed by atoms with Crippen molar-refractivity contribution in [2.24, 2.45) is 5.16 Å². The van der Waals surface area contributed by atoms with E-state index in [-0.39, 0.29) is 5.82 Å². The van der Waals surface area contributed by atoms with Crippen molar-refractivity contribution in [1.82, 2.24) is 9.97 Å². The van der Waals surface area contributed by atoms with Gasteiger partial charge < -0.3 is 15.9 Å². The normalized spacial score (nSPS) is 10.8. The number of hydrogen-bond donors (Lipinski definition) is 2. The highest BCUT2D eigenvalue weighted by molar-refractivity contribution is 6.35. The topological polar surface area (TPSA) is 85.4 Å². The molecule has 2 rings (SSSR count). The minimum Gasteiger partial charge on any atom is -0.399 e. The lowest BCUT2D eigenvalue weighted by Crippen LogP contribution is -2.05. The third kappa shape index (κ3) is 3.49. The Hall–Kier alpha value is -2.05. The fraction of sp³-hybridized carbons (Fsp3) is 0.0833. The molecule has 0 aliphatic carbocycles. The first-order valence-corrected chi connectivity index (χ1v) is 6.26. The highest BCUT2D eigenvalue weighted by atomic mass is 35.5. The van der Waals surface area contributed by atoms with Crippen molar-refractivity contribution in [3.05, 3.63) is 40.1 Å². The Bertz CT molecular complexity index is 627. The van der Waals surface area contributed by atoms with Gasteiger partial charge in [-0.3, -0.25) is 0 Å². The molecule has 3 N–H and O–H groups in total. The van der Waals surface area contributed by atoms with Gasteiger partial charge in [0, 0.05) is 15.7 Å². The summed E-state index contributed by atoms with van der Waals surface area (Å²) in [5.74, 6) is 0.744. The standard InChI is InChI=1S/C12H11Cl2N5O/c1-20-18-5-10-11(15)16-6-17-12(10)19-9-3-7(13)2-8(14)4-9/h2-6H,1H3,(H3,15,16,17,19)/b18-5+. The molecule has 0 unspecified atom stereocenters. The maximum Gasteiger partial charge on any atom is 0.144 e. The number of benzene rings is 1. The highest BCUT2D eigenvalue weighted by Gasteiger charge is 2.08. The number of oxime groups is 1. The van der Waals surface area contributed by atoms with Crippen molar-refractivity contribution in [1.29, 1.82) is 0 Å². The largest absolute Gasteiger partial charge is 0.399 e. The number of nitrogens with two attached hydrogens (primary N) is 1. The van der Waals surface area contributed by atoms with Gasteiger partial charge in [0.25, 0.3) is 0 Å². The van der Waals surface area contributed by atoms with E-state index in [0.717, 1.165) is 0 Å². The Morgan fingerprint density at radius 2 is 1.95 bits per heavy atom. The van der Waals surface area contributed by atoms with Gasteiger partial charge in [-0.05, 0) is 18.2 Å². The number of nitrogens with one attached hydrogen (secondary N) is 1. The van der Waals surface area contributed by atoms with Crippen LogP contribution in [0.25, 0.3) is 0 Å². The van der Waals surface area contributed by atoms with Crippen molar-refractivity contribution in [3.8, 4) is 0 Å². The number of hydrogen-bond acceptors (Lipinski definition) is 6. The van der Waals surface area contributed by atoms with Gasteiger partial charge in [0.2, 0.25) is 0 Å². The highest BCUT2D eigenvalue weighted by Crippen LogP contribution is 2.26. The summed E-state index contributed by atoms with van der Waals surface area (Å²) < 4.78 is 0. The minimum atomic E-state index is 0.274. The van der Waals surface area contributed by atoms with Crippen LogP contribution in [0.3, 0.4) is 0 Å². The third-order valence-corrected chi connectivity index (χ3v) is 2.76. The zero-order valence-corrected chi connectivity index (χ0v) is 12.0. The van der Waals surface area contributed by atoms with Gasteiger partial charge in [-0.15, -0.1) is 0 Å². The molecule has 6 nitrogen and oxygen atoms in total. The van der Waals surface area contributed by atoms with Crippen molar-refractivity contribution in [3.63, 3.8) is 0 Å². The molecule has 0 radical (unpaired) electrons. The van der Waals surface area contributed by atoms with Gasteiger partial charge in [-0.1, -0.05) is 28.4 Å². The second-order valence-electron chi connectivity index (χ2n) is 3.72. The molecule has 0 saturated heterocycles. The van der Waals surface area contributed by atoms with E-state index in [0.29, 0.717) is 27.1 Å². The molecule has 0 bridgehead atoms. The maximum absolute atomic E-state index is 5.94. The summed E-state index contributed by atoms with van der Waals surface area (Å²) in [5.41, 5.74) is 6.96.